The molecule has 3 rings (SSSR count). The number of nitrogens with one attached hydrogen (secondary N) is 1. The molecule has 3 aliphatic carbocycles. The molecule has 0 radical (unpaired) electrons. The zero-order chi connectivity index (χ0) is 11.7. The first-order chi connectivity index (χ1) is 8.31. The average molecular weight is 237 g/mol. The predicted molar refractivity (Wildman–Crippen MR) is 65.0 cm³/mol. The van der Waals surface area contributed by atoms with Crippen molar-refractivity contribution in [3.8, 4) is 0 Å². The Hall–Kier alpha value is -0.570. The van der Waals surface area contributed by atoms with E-state index in [1.54, 1.807) is 0 Å². The second-order valence-corrected chi connectivity index (χ2v) is 6.19. The van der Waals surface area contributed by atoms with Crippen LogP contribution in [-0.4, -0.2) is 12.0 Å². The summed E-state index contributed by atoms with van der Waals surface area (Å²) in [7, 11) is 0. The number of hydroxylamine groups is 1. The minimum atomic E-state index is 0.106. The first kappa shape index (κ1) is 11.5. The Kier molecular flexibility index (Phi) is 3.37. The van der Waals surface area contributed by atoms with Crippen LogP contribution in [0.25, 0.3) is 0 Å². The number of carbonyl (C=O) groups is 1. The number of fused-ring (bicyclic) bond motifs is 2. The molecule has 0 saturated heterocycles. The van der Waals surface area contributed by atoms with Crippen molar-refractivity contribution in [2.45, 2.75) is 63.9 Å². The minimum Gasteiger partial charge on any atom is -0.273 e. The van der Waals surface area contributed by atoms with E-state index in [1.807, 2.05) is 0 Å². The highest BCUT2D eigenvalue weighted by atomic mass is 16.7. The lowest BCUT2D eigenvalue weighted by Gasteiger charge is -2.21. The first-order valence-corrected chi connectivity index (χ1v) is 7.26. The summed E-state index contributed by atoms with van der Waals surface area (Å²) in [6.45, 7) is 0. The van der Waals surface area contributed by atoms with Gasteiger partial charge in [0.15, 0.2) is 0 Å². The van der Waals surface area contributed by atoms with E-state index in [0.29, 0.717) is 12.3 Å². The highest BCUT2D eigenvalue weighted by Gasteiger charge is 2.40. The predicted octanol–water partition coefficient (Wildman–Crippen LogP) is 2.80. The molecule has 0 heterocycles. The quantitative estimate of drug-likeness (QED) is 0.763. The number of amides is 1. The van der Waals surface area contributed by atoms with Crippen LogP contribution < -0.4 is 5.48 Å². The van der Waals surface area contributed by atoms with E-state index in [2.05, 4.69) is 5.48 Å². The lowest BCUT2D eigenvalue weighted by molar-refractivity contribution is -0.139. The fourth-order valence-electron chi connectivity index (χ4n) is 4.06. The van der Waals surface area contributed by atoms with E-state index in [4.69, 9.17) is 4.84 Å². The Morgan fingerprint density at radius 3 is 2.59 bits per heavy atom. The molecule has 0 aliphatic heterocycles. The summed E-state index contributed by atoms with van der Waals surface area (Å²) in [5.41, 5.74) is 2.67. The Morgan fingerprint density at radius 2 is 1.94 bits per heavy atom. The van der Waals surface area contributed by atoms with Gasteiger partial charge in [-0.25, -0.2) is 5.48 Å². The van der Waals surface area contributed by atoms with Gasteiger partial charge in [0.25, 0.3) is 0 Å². The molecule has 3 saturated carbocycles. The third-order valence-electron chi connectivity index (χ3n) is 4.97. The van der Waals surface area contributed by atoms with Crippen molar-refractivity contribution >= 4 is 5.91 Å². The summed E-state index contributed by atoms with van der Waals surface area (Å²) >= 11 is 0. The Bertz CT molecular complexity index is 286. The van der Waals surface area contributed by atoms with E-state index in [1.165, 1.54) is 38.5 Å². The third kappa shape index (κ3) is 2.65. The van der Waals surface area contributed by atoms with Crippen LogP contribution in [0.2, 0.25) is 0 Å². The average Bonchev–Trinajstić information content (AvgIpc) is 3.03. The normalized spacial score (nSPS) is 36.6. The molecule has 3 atom stereocenters. The van der Waals surface area contributed by atoms with Gasteiger partial charge in [-0.1, -0.05) is 19.3 Å². The van der Waals surface area contributed by atoms with Gasteiger partial charge in [-0.15, -0.1) is 0 Å². The Morgan fingerprint density at radius 1 is 1.12 bits per heavy atom. The second-order valence-electron chi connectivity index (χ2n) is 6.19. The van der Waals surface area contributed by atoms with Crippen molar-refractivity contribution in [2.75, 3.05) is 0 Å². The lowest BCUT2D eigenvalue weighted by Crippen LogP contribution is -2.30. The van der Waals surface area contributed by atoms with Crippen LogP contribution in [0.4, 0.5) is 0 Å². The molecule has 3 unspecified atom stereocenters. The van der Waals surface area contributed by atoms with Crippen molar-refractivity contribution in [3.63, 3.8) is 0 Å². The Labute approximate surface area is 103 Å². The smallest absolute Gasteiger partial charge is 0.243 e. The zero-order valence-corrected chi connectivity index (χ0v) is 10.5. The van der Waals surface area contributed by atoms with Crippen molar-refractivity contribution < 1.29 is 9.63 Å². The molecule has 1 N–H and O–H groups in total. The molecule has 0 spiro atoms. The summed E-state index contributed by atoms with van der Waals surface area (Å²) in [6.07, 6.45) is 11.1. The highest BCUT2D eigenvalue weighted by Crippen LogP contribution is 2.49. The molecule has 1 amide bonds. The molecule has 17 heavy (non-hydrogen) atoms. The third-order valence-corrected chi connectivity index (χ3v) is 4.97. The summed E-state index contributed by atoms with van der Waals surface area (Å²) in [6, 6.07) is 0. The molecule has 0 aromatic heterocycles. The summed E-state index contributed by atoms with van der Waals surface area (Å²) in [5.74, 6) is 2.50. The van der Waals surface area contributed by atoms with Gasteiger partial charge in [-0.2, -0.15) is 0 Å². The molecule has 3 aliphatic rings. The van der Waals surface area contributed by atoms with Crippen LogP contribution >= 0.6 is 0 Å². The Balaban J connectivity index is 1.38. The number of rotatable bonds is 4. The van der Waals surface area contributed by atoms with Crippen molar-refractivity contribution in [1.82, 2.24) is 5.48 Å². The van der Waals surface area contributed by atoms with Crippen LogP contribution in [-0.2, 0) is 9.63 Å². The van der Waals surface area contributed by atoms with Gasteiger partial charge >= 0.3 is 0 Å². The maximum absolute atomic E-state index is 11.8. The highest BCUT2D eigenvalue weighted by molar-refractivity contribution is 5.75. The summed E-state index contributed by atoms with van der Waals surface area (Å²) < 4.78 is 0. The molecular formula is C14H23NO2. The molecule has 0 aromatic rings. The van der Waals surface area contributed by atoms with E-state index in [9.17, 15) is 4.79 Å². The lowest BCUT2D eigenvalue weighted by atomic mass is 9.86. The van der Waals surface area contributed by atoms with Gasteiger partial charge in [-0.3, -0.25) is 9.63 Å². The van der Waals surface area contributed by atoms with E-state index < -0.39 is 0 Å². The van der Waals surface area contributed by atoms with Gasteiger partial charge in [0.1, 0.15) is 0 Å². The zero-order valence-electron chi connectivity index (χ0n) is 10.5. The minimum absolute atomic E-state index is 0.106. The number of carbonyl (C=O) groups excluding carboxylic acids is 1. The molecule has 2 bridgehead atoms. The SMILES string of the molecule is O=C(CC1CC2CCC1C2)NOC1CCCC1. The monoisotopic (exact) mass is 237 g/mol. The molecule has 3 fully saturated rings. The second kappa shape index (κ2) is 4.97. The first-order valence-electron chi connectivity index (χ1n) is 7.26. The van der Waals surface area contributed by atoms with Crippen LogP contribution in [0, 0.1) is 17.8 Å². The van der Waals surface area contributed by atoms with Gasteiger partial charge in [-0.05, 0) is 49.9 Å². The standard InChI is InChI=1S/C14H23NO2/c16-14(15-17-13-3-1-2-4-13)9-12-8-10-5-6-11(12)7-10/h10-13H,1-9H2,(H,15,16). The van der Waals surface area contributed by atoms with Crippen molar-refractivity contribution in [1.29, 1.82) is 0 Å². The maximum Gasteiger partial charge on any atom is 0.243 e. The summed E-state index contributed by atoms with van der Waals surface area (Å²) in [5, 5.41) is 0. The number of hydrogen-bond acceptors (Lipinski definition) is 2. The van der Waals surface area contributed by atoms with E-state index >= 15 is 0 Å². The molecule has 3 nitrogen and oxygen atoms in total. The van der Waals surface area contributed by atoms with Crippen LogP contribution in [0.5, 0.6) is 0 Å². The van der Waals surface area contributed by atoms with Crippen molar-refractivity contribution in [3.05, 3.63) is 0 Å². The molecule has 3 heteroatoms. The largest absolute Gasteiger partial charge is 0.273 e. The van der Waals surface area contributed by atoms with Gasteiger partial charge in [0.05, 0.1) is 6.10 Å². The summed E-state index contributed by atoms with van der Waals surface area (Å²) in [4.78, 5) is 17.3. The number of hydrogen-bond donors (Lipinski definition) is 1. The molecule has 96 valence electrons. The molecular weight excluding hydrogens is 214 g/mol. The van der Waals surface area contributed by atoms with Gasteiger partial charge < -0.3 is 0 Å². The van der Waals surface area contributed by atoms with Crippen molar-refractivity contribution in [2.24, 2.45) is 17.8 Å². The topological polar surface area (TPSA) is 38.3 Å². The van der Waals surface area contributed by atoms with E-state index in [-0.39, 0.29) is 12.0 Å². The van der Waals surface area contributed by atoms with E-state index in [0.717, 1.165) is 24.7 Å². The maximum atomic E-state index is 11.8. The fourth-order valence-corrected chi connectivity index (χ4v) is 4.06. The van der Waals surface area contributed by atoms with Crippen LogP contribution in [0.1, 0.15) is 57.8 Å². The van der Waals surface area contributed by atoms with Gasteiger partial charge in [0.2, 0.25) is 5.91 Å². The van der Waals surface area contributed by atoms with Crippen LogP contribution in [0.15, 0.2) is 0 Å². The fraction of sp³-hybridized carbons (Fsp3) is 0.929. The van der Waals surface area contributed by atoms with Gasteiger partial charge in [0, 0.05) is 6.42 Å². The molecule has 0 aromatic carbocycles. The van der Waals surface area contributed by atoms with Crippen LogP contribution in [0.3, 0.4) is 0 Å².